The molecule has 4 nitrogen and oxygen atoms in total. The molecule has 1 aliphatic heterocycles. The molecule has 86 valence electrons. The Morgan fingerprint density at radius 3 is 2.73 bits per heavy atom. The molecule has 1 atom stereocenters. The minimum Gasteiger partial charge on any atom is -0.443 e. The summed E-state index contributed by atoms with van der Waals surface area (Å²) >= 11 is 1.34. The highest BCUT2D eigenvalue weighted by atomic mass is 32.7. The van der Waals surface area contributed by atoms with Crippen LogP contribution in [0.4, 0.5) is 4.79 Å². The maximum Gasteiger partial charge on any atom is 0.420 e. The molecule has 1 amide bonds. The van der Waals surface area contributed by atoms with Crippen molar-refractivity contribution in [2.24, 2.45) is 0 Å². The van der Waals surface area contributed by atoms with Gasteiger partial charge in [0.25, 0.3) is 0 Å². The summed E-state index contributed by atoms with van der Waals surface area (Å²) in [4.78, 5) is 22.3. The van der Waals surface area contributed by atoms with E-state index >= 15 is 0 Å². The predicted octanol–water partition coefficient (Wildman–Crippen LogP) is 2.86. The van der Waals surface area contributed by atoms with Crippen molar-refractivity contribution in [3.05, 3.63) is 0 Å². The van der Waals surface area contributed by atoms with E-state index in [1.807, 2.05) is 20.8 Å². The van der Waals surface area contributed by atoms with Crippen LogP contribution in [0.5, 0.6) is 0 Å². The molecule has 0 spiro atoms. The fourth-order valence-electron chi connectivity index (χ4n) is 1.09. The van der Waals surface area contributed by atoms with E-state index in [9.17, 15) is 9.59 Å². The largest absolute Gasteiger partial charge is 0.443 e. The summed E-state index contributed by atoms with van der Waals surface area (Å²) in [6.45, 7) is 6.18. The second-order valence-electron chi connectivity index (χ2n) is 4.26. The normalized spacial score (nSPS) is 22.3. The summed E-state index contributed by atoms with van der Waals surface area (Å²) in [5.74, 6) is 0. The van der Waals surface area contributed by atoms with Crippen molar-refractivity contribution in [3.8, 4) is 0 Å². The minimum absolute atomic E-state index is 0.332. The molecular formula is C9H16NO3PS. The van der Waals surface area contributed by atoms with E-state index in [0.717, 1.165) is 18.6 Å². The Morgan fingerprint density at radius 2 is 2.20 bits per heavy atom. The second-order valence-corrected chi connectivity index (χ2v) is 8.26. The summed E-state index contributed by atoms with van der Waals surface area (Å²) in [6.07, 6.45) is 1.46. The standard InChI is InChI=1S/C9H16NO3PS/c1-9(2,3)13-8(12)10-5-4-6-14(7-11)15-10/h7H,4-6H2,1-3H3. The first-order valence-corrected chi connectivity index (χ1v) is 7.80. The zero-order valence-electron chi connectivity index (χ0n) is 9.23. The average Bonchev–Trinajstić information content (AvgIpc) is 2.15. The molecule has 0 radical (unpaired) electrons. The summed E-state index contributed by atoms with van der Waals surface area (Å²) in [5, 5.41) is 0. The molecule has 1 aliphatic rings. The van der Waals surface area contributed by atoms with Crippen molar-refractivity contribution in [3.63, 3.8) is 0 Å². The first-order chi connectivity index (χ1) is 6.92. The van der Waals surface area contributed by atoms with Crippen molar-refractivity contribution in [2.75, 3.05) is 12.7 Å². The van der Waals surface area contributed by atoms with Gasteiger partial charge in [-0.25, -0.2) is 9.10 Å². The van der Waals surface area contributed by atoms with Gasteiger partial charge in [-0.2, -0.15) is 0 Å². The fourth-order valence-corrected chi connectivity index (χ4v) is 4.29. The Labute approximate surface area is 95.4 Å². The van der Waals surface area contributed by atoms with E-state index in [1.54, 1.807) is 4.31 Å². The third-order valence-corrected chi connectivity index (χ3v) is 5.42. The van der Waals surface area contributed by atoms with E-state index < -0.39 is 12.7 Å². The smallest absolute Gasteiger partial charge is 0.420 e. The summed E-state index contributed by atoms with van der Waals surface area (Å²) < 4.78 is 6.79. The number of nitrogens with zero attached hydrogens (tertiary/aromatic N) is 1. The molecule has 0 N–H and O–H groups in total. The van der Waals surface area contributed by atoms with Crippen LogP contribution in [0.1, 0.15) is 27.2 Å². The number of hydrogen-bond donors (Lipinski definition) is 0. The van der Waals surface area contributed by atoms with Gasteiger partial charge in [-0.3, -0.25) is 4.79 Å². The van der Waals surface area contributed by atoms with Crippen LogP contribution in [0.3, 0.4) is 0 Å². The molecule has 0 aromatic carbocycles. The molecular weight excluding hydrogens is 233 g/mol. The van der Waals surface area contributed by atoms with Crippen LogP contribution in [-0.4, -0.2) is 34.7 Å². The number of ether oxygens (including phenoxy) is 1. The Bertz CT molecular complexity index is 254. The first kappa shape index (κ1) is 12.8. The number of carbonyl (C=O) groups excluding carboxylic acids is 2. The molecule has 1 rings (SSSR count). The Hall–Kier alpha value is -0.280. The topological polar surface area (TPSA) is 46.6 Å². The van der Waals surface area contributed by atoms with Gasteiger partial charge in [0, 0.05) is 13.7 Å². The van der Waals surface area contributed by atoms with Crippen LogP contribution in [0.25, 0.3) is 0 Å². The van der Waals surface area contributed by atoms with E-state index in [-0.39, 0.29) is 6.09 Å². The third kappa shape index (κ3) is 4.39. The van der Waals surface area contributed by atoms with Crippen LogP contribution < -0.4 is 0 Å². The van der Waals surface area contributed by atoms with Gasteiger partial charge in [0.1, 0.15) is 5.60 Å². The van der Waals surface area contributed by atoms with E-state index in [4.69, 9.17) is 4.74 Å². The van der Waals surface area contributed by atoms with E-state index in [2.05, 4.69) is 0 Å². The van der Waals surface area contributed by atoms with Crippen LogP contribution in [-0.2, 0) is 9.53 Å². The predicted molar refractivity (Wildman–Crippen MR) is 63.7 cm³/mol. The van der Waals surface area contributed by atoms with Gasteiger partial charge in [-0.1, -0.05) is 0 Å². The molecule has 0 aromatic rings. The highest BCUT2D eigenvalue weighted by Gasteiger charge is 2.28. The maximum absolute atomic E-state index is 11.7. The van der Waals surface area contributed by atoms with Crippen LogP contribution in [0, 0.1) is 0 Å². The molecule has 1 unspecified atom stereocenters. The maximum atomic E-state index is 11.7. The van der Waals surface area contributed by atoms with E-state index in [0.29, 0.717) is 6.54 Å². The van der Waals surface area contributed by atoms with Gasteiger partial charge < -0.3 is 4.74 Å². The van der Waals surface area contributed by atoms with Crippen molar-refractivity contribution in [1.82, 2.24) is 4.31 Å². The van der Waals surface area contributed by atoms with Gasteiger partial charge in [-0.05, 0) is 44.9 Å². The monoisotopic (exact) mass is 249 g/mol. The lowest BCUT2D eigenvalue weighted by Gasteiger charge is -2.30. The number of carbonyl (C=O) groups is 2. The summed E-state index contributed by atoms with van der Waals surface area (Å²) in [7, 11) is -0.722. The zero-order chi connectivity index (χ0) is 11.5. The molecule has 1 saturated heterocycles. The van der Waals surface area contributed by atoms with Gasteiger partial charge in [0.2, 0.25) is 0 Å². The van der Waals surface area contributed by atoms with Crippen LogP contribution in [0.15, 0.2) is 0 Å². The highest BCUT2D eigenvalue weighted by molar-refractivity contribution is 8.58. The summed E-state index contributed by atoms with van der Waals surface area (Å²) in [5.41, 5.74) is -0.473. The molecule has 0 bridgehead atoms. The van der Waals surface area contributed by atoms with Gasteiger partial charge in [0.15, 0.2) is 6.03 Å². The molecule has 0 aromatic heterocycles. The molecule has 6 heteroatoms. The van der Waals surface area contributed by atoms with Crippen molar-refractivity contribution >= 4 is 30.8 Å². The molecule has 0 saturated carbocycles. The molecule has 15 heavy (non-hydrogen) atoms. The third-order valence-electron chi connectivity index (χ3n) is 1.66. The molecule has 0 aliphatic carbocycles. The van der Waals surface area contributed by atoms with Crippen molar-refractivity contribution < 1.29 is 14.3 Å². The lowest BCUT2D eigenvalue weighted by molar-refractivity contribution is 0.0406. The first-order valence-electron chi connectivity index (χ1n) is 4.83. The fraction of sp³-hybridized carbons (Fsp3) is 0.778. The van der Waals surface area contributed by atoms with E-state index in [1.165, 1.54) is 11.6 Å². The SMILES string of the molecule is CC(C)(C)OC(=O)N1CCCP(C=O)S1. The van der Waals surface area contributed by atoms with Gasteiger partial charge >= 0.3 is 6.09 Å². The van der Waals surface area contributed by atoms with Gasteiger partial charge in [0.05, 0.1) is 0 Å². The van der Waals surface area contributed by atoms with Gasteiger partial charge in [-0.15, -0.1) is 0 Å². The van der Waals surface area contributed by atoms with Crippen molar-refractivity contribution in [2.45, 2.75) is 32.8 Å². The lowest BCUT2D eigenvalue weighted by Crippen LogP contribution is -2.34. The Morgan fingerprint density at radius 1 is 1.53 bits per heavy atom. The second kappa shape index (κ2) is 5.17. The number of rotatable bonds is 1. The Balaban J connectivity index is 2.49. The Kier molecular flexibility index (Phi) is 4.41. The van der Waals surface area contributed by atoms with Crippen LogP contribution >= 0.6 is 18.7 Å². The summed E-state index contributed by atoms with van der Waals surface area (Å²) in [6, 6.07) is 0.955. The van der Waals surface area contributed by atoms with Crippen LogP contribution in [0.2, 0.25) is 0 Å². The average molecular weight is 249 g/mol. The van der Waals surface area contributed by atoms with Crippen molar-refractivity contribution in [1.29, 1.82) is 0 Å². The minimum atomic E-state index is -0.722. The highest BCUT2D eigenvalue weighted by Crippen LogP contribution is 2.52. The lowest BCUT2D eigenvalue weighted by atomic mass is 10.2. The molecule has 1 fully saturated rings. The number of amides is 1. The molecule has 1 heterocycles. The quantitative estimate of drug-likeness (QED) is 0.407. The zero-order valence-corrected chi connectivity index (χ0v) is 10.9. The number of hydrogen-bond acceptors (Lipinski definition) is 4.